The molecule has 0 radical (unpaired) electrons. The van der Waals surface area contributed by atoms with Crippen LogP contribution in [-0.2, 0) is 6.42 Å². The number of aryl methyl sites for hydroxylation is 1. The number of benzene rings is 1. The lowest BCUT2D eigenvalue weighted by atomic mass is 10.1. The molecule has 1 aliphatic rings. The molecule has 1 aromatic rings. The average molecular weight is 188 g/mol. The van der Waals surface area contributed by atoms with Gasteiger partial charge in [0.05, 0.1) is 6.17 Å². The Bertz CT molecular complexity index is 294. The molecule has 1 saturated heterocycles. The van der Waals surface area contributed by atoms with Crippen LogP contribution in [0.1, 0.15) is 12.0 Å². The van der Waals surface area contributed by atoms with E-state index < -0.39 is 0 Å². The standard InChI is InChI=1S/C12H16N2/c1-2-10-14-12(13-14)9-8-11-6-4-3-5-7-11/h2-7,12-13H,1,8-10H2. The van der Waals surface area contributed by atoms with Crippen LogP contribution in [0.5, 0.6) is 0 Å². The molecule has 0 bridgehead atoms. The van der Waals surface area contributed by atoms with Gasteiger partial charge in [0, 0.05) is 6.54 Å². The molecule has 1 aliphatic heterocycles. The maximum Gasteiger partial charge on any atom is 0.0870 e. The zero-order valence-corrected chi connectivity index (χ0v) is 8.32. The minimum Gasteiger partial charge on any atom is -0.235 e. The normalized spacial score (nSPS) is 24.6. The third kappa shape index (κ3) is 2.44. The summed E-state index contributed by atoms with van der Waals surface area (Å²) < 4.78 is 0. The van der Waals surface area contributed by atoms with Gasteiger partial charge in [0.15, 0.2) is 0 Å². The Morgan fingerprint density at radius 3 is 2.86 bits per heavy atom. The van der Waals surface area contributed by atoms with Gasteiger partial charge in [-0.25, -0.2) is 10.4 Å². The molecular formula is C12H16N2. The van der Waals surface area contributed by atoms with Crippen molar-refractivity contribution in [2.75, 3.05) is 6.54 Å². The van der Waals surface area contributed by atoms with Crippen LogP contribution in [0.15, 0.2) is 43.0 Å². The van der Waals surface area contributed by atoms with E-state index in [1.165, 1.54) is 12.0 Å². The van der Waals surface area contributed by atoms with Crippen molar-refractivity contribution in [3.8, 4) is 0 Å². The van der Waals surface area contributed by atoms with Crippen molar-refractivity contribution < 1.29 is 0 Å². The molecule has 0 spiro atoms. The molecule has 1 N–H and O–H groups in total. The van der Waals surface area contributed by atoms with Crippen LogP contribution < -0.4 is 5.43 Å². The van der Waals surface area contributed by atoms with Crippen molar-refractivity contribution in [1.82, 2.24) is 10.4 Å². The van der Waals surface area contributed by atoms with Crippen molar-refractivity contribution in [2.45, 2.75) is 19.0 Å². The Morgan fingerprint density at radius 1 is 1.36 bits per heavy atom. The van der Waals surface area contributed by atoms with E-state index in [9.17, 15) is 0 Å². The Morgan fingerprint density at radius 2 is 2.14 bits per heavy atom. The molecule has 0 aromatic heterocycles. The minimum atomic E-state index is 0.563. The number of hydrazine groups is 1. The van der Waals surface area contributed by atoms with Gasteiger partial charge in [-0.05, 0) is 18.4 Å². The zero-order valence-electron chi connectivity index (χ0n) is 8.32. The second-order valence-electron chi connectivity index (χ2n) is 3.61. The third-order valence-electron chi connectivity index (χ3n) is 2.50. The van der Waals surface area contributed by atoms with Gasteiger partial charge in [0.1, 0.15) is 0 Å². The molecule has 1 fully saturated rings. The van der Waals surface area contributed by atoms with Gasteiger partial charge in [-0.1, -0.05) is 36.4 Å². The molecule has 0 aliphatic carbocycles. The van der Waals surface area contributed by atoms with Crippen molar-refractivity contribution in [2.24, 2.45) is 0 Å². The Labute approximate surface area is 85.2 Å². The van der Waals surface area contributed by atoms with E-state index in [0.717, 1.165) is 13.0 Å². The lowest BCUT2D eigenvalue weighted by Crippen LogP contribution is -2.02. The highest BCUT2D eigenvalue weighted by atomic mass is 15.7. The lowest BCUT2D eigenvalue weighted by Gasteiger charge is -1.98. The number of rotatable bonds is 5. The molecule has 2 nitrogen and oxygen atoms in total. The van der Waals surface area contributed by atoms with Crippen molar-refractivity contribution in [3.05, 3.63) is 48.6 Å². The van der Waals surface area contributed by atoms with Crippen molar-refractivity contribution in [1.29, 1.82) is 0 Å². The van der Waals surface area contributed by atoms with Gasteiger partial charge in [-0.2, -0.15) is 0 Å². The molecular weight excluding hydrogens is 172 g/mol. The Balaban J connectivity index is 1.72. The fourth-order valence-corrected chi connectivity index (χ4v) is 1.65. The van der Waals surface area contributed by atoms with Crippen LogP contribution in [0.25, 0.3) is 0 Å². The first-order chi connectivity index (χ1) is 6.90. The summed E-state index contributed by atoms with van der Waals surface area (Å²) in [4.78, 5) is 0. The lowest BCUT2D eigenvalue weighted by molar-refractivity contribution is 0.521. The van der Waals surface area contributed by atoms with Crippen LogP contribution in [-0.4, -0.2) is 17.7 Å². The van der Waals surface area contributed by atoms with Gasteiger partial charge < -0.3 is 0 Å². The topological polar surface area (TPSA) is 25.0 Å². The summed E-state index contributed by atoms with van der Waals surface area (Å²) in [5, 5.41) is 2.20. The molecule has 2 rings (SSSR count). The molecule has 2 atom stereocenters. The van der Waals surface area contributed by atoms with Crippen LogP contribution in [0.2, 0.25) is 0 Å². The van der Waals surface area contributed by atoms with Gasteiger partial charge in [-0.15, -0.1) is 6.58 Å². The number of nitrogens with one attached hydrogen (secondary N) is 1. The smallest absolute Gasteiger partial charge is 0.0870 e. The van der Waals surface area contributed by atoms with E-state index in [4.69, 9.17) is 0 Å². The monoisotopic (exact) mass is 188 g/mol. The Hall–Kier alpha value is -1.12. The quantitative estimate of drug-likeness (QED) is 0.564. The first-order valence-corrected chi connectivity index (χ1v) is 5.08. The first kappa shape index (κ1) is 9.44. The molecule has 1 heterocycles. The highest BCUT2D eigenvalue weighted by molar-refractivity contribution is 5.15. The molecule has 0 saturated carbocycles. The molecule has 1 aromatic carbocycles. The fraction of sp³-hybridized carbons (Fsp3) is 0.333. The summed E-state index contributed by atoms with van der Waals surface area (Å²) in [5.41, 5.74) is 4.72. The van der Waals surface area contributed by atoms with E-state index in [1.807, 2.05) is 6.08 Å². The maximum atomic E-state index is 3.71. The summed E-state index contributed by atoms with van der Waals surface area (Å²) in [6, 6.07) is 10.6. The molecule has 2 unspecified atom stereocenters. The SMILES string of the molecule is C=CCN1NC1CCc1ccccc1. The number of hydrogen-bond acceptors (Lipinski definition) is 2. The summed E-state index contributed by atoms with van der Waals surface area (Å²) >= 11 is 0. The van der Waals surface area contributed by atoms with Crippen LogP contribution in [0.3, 0.4) is 0 Å². The first-order valence-electron chi connectivity index (χ1n) is 5.08. The zero-order chi connectivity index (χ0) is 9.80. The van der Waals surface area contributed by atoms with E-state index >= 15 is 0 Å². The van der Waals surface area contributed by atoms with Gasteiger partial charge in [0.2, 0.25) is 0 Å². The summed E-state index contributed by atoms with van der Waals surface area (Å²) in [6.45, 7) is 4.66. The van der Waals surface area contributed by atoms with E-state index in [-0.39, 0.29) is 0 Å². The van der Waals surface area contributed by atoms with E-state index in [1.54, 1.807) is 0 Å². The highest BCUT2D eigenvalue weighted by Gasteiger charge is 2.30. The van der Waals surface area contributed by atoms with E-state index in [0.29, 0.717) is 6.17 Å². The summed E-state index contributed by atoms with van der Waals surface area (Å²) in [5.74, 6) is 0. The van der Waals surface area contributed by atoms with Gasteiger partial charge in [0.25, 0.3) is 0 Å². The summed E-state index contributed by atoms with van der Waals surface area (Å²) in [7, 11) is 0. The number of hydrogen-bond donors (Lipinski definition) is 1. The second-order valence-corrected chi connectivity index (χ2v) is 3.61. The predicted octanol–water partition coefficient (Wildman–Crippen LogP) is 1.95. The minimum absolute atomic E-state index is 0.563. The maximum absolute atomic E-state index is 3.71. The molecule has 2 heteroatoms. The van der Waals surface area contributed by atoms with Crippen LogP contribution in [0.4, 0.5) is 0 Å². The predicted molar refractivity (Wildman–Crippen MR) is 58.6 cm³/mol. The number of nitrogens with zero attached hydrogens (tertiary/aromatic N) is 1. The Kier molecular flexibility index (Phi) is 2.96. The third-order valence-corrected chi connectivity index (χ3v) is 2.50. The molecule has 74 valence electrons. The average Bonchev–Trinajstić information content (AvgIpc) is 2.96. The van der Waals surface area contributed by atoms with Gasteiger partial charge in [-0.3, -0.25) is 0 Å². The second kappa shape index (κ2) is 4.40. The van der Waals surface area contributed by atoms with Gasteiger partial charge >= 0.3 is 0 Å². The fourth-order valence-electron chi connectivity index (χ4n) is 1.65. The molecule has 0 amide bonds. The van der Waals surface area contributed by atoms with Crippen molar-refractivity contribution >= 4 is 0 Å². The van der Waals surface area contributed by atoms with Crippen LogP contribution in [0, 0.1) is 0 Å². The largest absolute Gasteiger partial charge is 0.235 e. The van der Waals surface area contributed by atoms with Crippen molar-refractivity contribution in [3.63, 3.8) is 0 Å². The van der Waals surface area contributed by atoms with E-state index in [2.05, 4.69) is 47.3 Å². The molecule has 14 heavy (non-hydrogen) atoms. The summed E-state index contributed by atoms with van der Waals surface area (Å²) in [6.07, 6.45) is 4.81. The van der Waals surface area contributed by atoms with Crippen LogP contribution >= 0.6 is 0 Å². The highest BCUT2D eigenvalue weighted by Crippen LogP contribution is 2.15.